The monoisotopic (exact) mass is 478 g/mol. The van der Waals surface area contributed by atoms with Crippen LogP contribution in [0.5, 0.6) is 0 Å². The van der Waals surface area contributed by atoms with E-state index in [1.54, 1.807) is 34.6 Å². The molecule has 0 bridgehead atoms. The van der Waals surface area contributed by atoms with Crippen LogP contribution in [0.1, 0.15) is 70.2 Å². The van der Waals surface area contributed by atoms with Crippen LogP contribution in [-0.2, 0) is 19.5 Å². The third-order valence-corrected chi connectivity index (χ3v) is 7.28. The Hall–Kier alpha value is -2.98. The van der Waals surface area contributed by atoms with Crippen LogP contribution in [0.3, 0.4) is 0 Å². The lowest BCUT2D eigenvalue weighted by atomic mass is 10.1. The molecule has 0 spiro atoms. The molecule has 1 atom stereocenters. The maximum Gasteiger partial charge on any atom is 0.340 e. The lowest BCUT2D eigenvalue weighted by Crippen LogP contribution is -2.30. The lowest BCUT2D eigenvalue weighted by Gasteiger charge is -2.19. The second-order valence-corrected chi connectivity index (χ2v) is 9.31. The number of carbonyl (C=O) groups excluding carboxylic acids is 3. The summed E-state index contributed by atoms with van der Waals surface area (Å²) >= 11 is 0. The first-order valence-corrected chi connectivity index (χ1v) is 12.1. The Bertz CT molecular complexity index is 1150. The van der Waals surface area contributed by atoms with Crippen LogP contribution in [0.15, 0.2) is 29.2 Å². The van der Waals surface area contributed by atoms with Crippen molar-refractivity contribution in [3.63, 3.8) is 0 Å². The van der Waals surface area contributed by atoms with Gasteiger partial charge in [-0.2, -0.15) is 4.31 Å². The molecule has 0 aliphatic heterocycles. The smallest absolute Gasteiger partial charge is 0.340 e. The van der Waals surface area contributed by atoms with Crippen molar-refractivity contribution in [1.82, 2.24) is 9.29 Å². The minimum atomic E-state index is -3.76. The van der Waals surface area contributed by atoms with Crippen LogP contribution in [0.25, 0.3) is 0 Å². The van der Waals surface area contributed by atoms with E-state index in [0.717, 1.165) is 0 Å². The number of aromatic amines is 1. The Morgan fingerprint density at radius 1 is 1.06 bits per heavy atom. The van der Waals surface area contributed by atoms with Crippen LogP contribution < -0.4 is 0 Å². The molecule has 1 N–H and O–H groups in total. The number of sulfonamides is 1. The number of nitrogens with one attached hydrogen (secondary N) is 1. The van der Waals surface area contributed by atoms with Gasteiger partial charge in [-0.1, -0.05) is 19.9 Å². The maximum atomic E-state index is 12.9. The second-order valence-electron chi connectivity index (χ2n) is 7.37. The minimum Gasteiger partial charge on any atom is -0.462 e. The van der Waals surface area contributed by atoms with E-state index in [1.807, 2.05) is 0 Å². The lowest BCUT2D eigenvalue weighted by molar-refractivity contribution is 0.0316. The van der Waals surface area contributed by atoms with Gasteiger partial charge in [0.1, 0.15) is 0 Å². The van der Waals surface area contributed by atoms with Crippen LogP contribution in [-0.4, -0.2) is 61.2 Å². The van der Waals surface area contributed by atoms with Crippen molar-refractivity contribution in [2.45, 2.75) is 52.5 Å². The molecule has 1 heterocycles. The van der Waals surface area contributed by atoms with Crippen molar-refractivity contribution in [2.75, 3.05) is 19.7 Å². The standard InChI is InChI=1S/C23H30N2O7S/c1-7-25(8-2)33(29,30)18-12-10-11-17(13-18)22(27)32-16(6)21(26)20-14(4)19(15(5)24-20)23(28)31-9-3/h10-13,16,24H,7-9H2,1-6H3. The van der Waals surface area contributed by atoms with Crippen LogP contribution in [0.2, 0.25) is 0 Å². The zero-order valence-corrected chi connectivity index (χ0v) is 20.5. The number of esters is 2. The number of hydrogen-bond donors (Lipinski definition) is 1. The van der Waals surface area contributed by atoms with Gasteiger partial charge in [-0.15, -0.1) is 0 Å². The first-order chi connectivity index (χ1) is 15.5. The van der Waals surface area contributed by atoms with E-state index >= 15 is 0 Å². The van der Waals surface area contributed by atoms with E-state index in [-0.39, 0.29) is 28.3 Å². The van der Waals surface area contributed by atoms with Gasteiger partial charge < -0.3 is 14.5 Å². The van der Waals surface area contributed by atoms with Gasteiger partial charge in [-0.3, -0.25) is 4.79 Å². The highest BCUT2D eigenvalue weighted by atomic mass is 32.2. The third kappa shape index (κ3) is 5.51. The second kappa shape index (κ2) is 10.8. The molecule has 0 aliphatic rings. The number of nitrogens with zero attached hydrogens (tertiary/aromatic N) is 1. The van der Waals surface area contributed by atoms with E-state index in [2.05, 4.69) is 4.98 Å². The van der Waals surface area contributed by atoms with Crippen molar-refractivity contribution in [3.05, 3.63) is 52.3 Å². The van der Waals surface area contributed by atoms with Crippen molar-refractivity contribution in [2.24, 2.45) is 0 Å². The van der Waals surface area contributed by atoms with E-state index in [4.69, 9.17) is 9.47 Å². The highest BCUT2D eigenvalue weighted by molar-refractivity contribution is 7.89. The molecule has 10 heteroatoms. The summed E-state index contributed by atoms with van der Waals surface area (Å²) in [6.45, 7) is 10.6. The van der Waals surface area contributed by atoms with Gasteiger partial charge in [0.05, 0.1) is 28.3 Å². The summed E-state index contributed by atoms with van der Waals surface area (Å²) in [6.07, 6.45) is -1.17. The van der Waals surface area contributed by atoms with Crippen molar-refractivity contribution >= 4 is 27.7 Å². The highest BCUT2D eigenvalue weighted by Crippen LogP contribution is 2.22. The average Bonchev–Trinajstić information content (AvgIpc) is 3.07. The molecule has 0 aliphatic carbocycles. The Morgan fingerprint density at radius 2 is 1.70 bits per heavy atom. The first kappa shape index (κ1) is 26.3. The number of H-pyrrole nitrogens is 1. The molecule has 0 amide bonds. The van der Waals surface area contributed by atoms with E-state index < -0.39 is 33.8 Å². The van der Waals surface area contributed by atoms with Crippen LogP contribution >= 0.6 is 0 Å². The van der Waals surface area contributed by atoms with Gasteiger partial charge >= 0.3 is 11.9 Å². The Balaban J connectivity index is 2.24. The molecule has 2 rings (SSSR count). The molecule has 1 aromatic heterocycles. The number of ether oxygens (including phenoxy) is 2. The van der Waals surface area contributed by atoms with E-state index in [9.17, 15) is 22.8 Å². The minimum absolute atomic E-state index is 0.00878. The third-order valence-electron chi connectivity index (χ3n) is 5.23. The fraction of sp³-hybridized carbons (Fsp3) is 0.435. The fourth-order valence-corrected chi connectivity index (χ4v) is 4.99. The topological polar surface area (TPSA) is 123 Å². The number of benzene rings is 1. The molecule has 2 aromatic rings. The molecular weight excluding hydrogens is 448 g/mol. The van der Waals surface area contributed by atoms with Gasteiger partial charge in [0, 0.05) is 18.8 Å². The van der Waals surface area contributed by atoms with Gasteiger partial charge in [-0.25, -0.2) is 18.0 Å². The van der Waals surface area contributed by atoms with Crippen molar-refractivity contribution in [1.29, 1.82) is 0 Å². The molecule has 1 unspecified atom stereocenters. The molecule has 0 saturated carbocycles. The van der Waals surface area contributed by atoms with Gasteiger partial charge in [0.25, 0.3) is 0 Å². The predicted octanol–water partition coefficient (Wildman–Crippen LogP) is 3.27. The zero-order valence-electron chi connectivity index (χ0n) is 19.7. The molecular formula is C23H30N2O7S. The Labute approximate surface area is 194 Å². The number of hydrogen-bond acceptors (Lipinski definition) is 7. The van der Waals surface area contributed by atoms with Crippen molar-refractivity contribution < 1.29 is 32.3 Å². The fourth-order valence-electron chi connectivity index (χ4n) is 3.49. The van der Waals surface area contributed by atoms with Crippen molar-refractivity contribution in [3.8, 4) is 0 Å². The van der Waals surface area contributed by atoms with Gasteiger partial charge in [0.15, 0.2) is 6.10 Å². The number of rotatable bonds is 10. The number of carbonyl (C=O) groups is 3. The summed E-state index contributed by atoms with van der Waals surface area (Å²) in [5.41, 5.74) is 1.31. The quantitative estimate of drug-likeness (QED) is 0.411. The van der Waals surface area contributed by atoms with Gasteiger partial charge in [0.2, 0.25) is 15.8 Å². The van der Waals surface area contributed by atoms with Gasteiger partial charge in [-0.05, 0) is 51.5 Å². The van der Waals surface area contributed by atoms with E-state index in [0.29, 0.717) is 24.3 Å². The molecule has 1 aromatic carbocycles. The first-order valence-electron chi connectivity index (χ1n) is 10.7. The molecule has 0 fully saturated rings. The summed E-state index contributed by atoms with van der Waals surface area (Å²) in [5.74, 6) is -1.90. The van der Waals surface area contributed by atoms with Crippen LogP contribution in [0.4, 0.5) is 0 Å². The normalized spacial score (nSPS) is 12.5. The number of ketones is 1. The summed E-state index contributed by atoms with van der Waals surface area (Å²) in [7, 11) is -3.76. The largest absolute Gasteiger partial charge is 0.462 e. The summed E-state index contributed by atoms with van der Waals surface area (Å²) in [6, 6.07) is 5.50. The number of aryl methyl sites for hydroxylation is 1. The summed E-state index contributed by atoms with van der Waals surface area (Å²) < 4.78 is 37.1. The average molecular weight is 479 g/mol. The molecule has 180 valence electrons. The molecule has 33 heavy (non-hydrogen) atoms. The zero-order chi connectivity index (χ0) is 24.9. The number of aromatic nitrogens is 1. The van der Waals surface area contributed by atoms with E-state index in [1.165, 1.54) is 35.5 Å². The SMILES string of the molecule is CCOC(=O)c1c(C)[nH]c(C(=O)C(C)OC(=O)c2cccc(S(=O)(=O)N(CC)CC)c2)c1C. The predicted molar refractivity (Wildman–Crippen MR) is 122 cm³/mol. The molecule has 0 radical (unpaired) electrons. The maximum absolute atomic E-state index is 12.9. The summed E-state index contributed by atoms with van der Waals surface area (Å²) in [5, 5.41) is 0. The summed E-state index contributed by atoms with van der Waals surface area (Å²) in [4.78, 5) is 40.6. The molecule has 9 nitrogen and oxygen atoms in total. The Morgan fingerprint density at radius 3 is 2.27 bits per heavy atom. The molecule has 0 saturated heterocycles. The number of Topliss-reactive ketones (excluding diaryl/α,β-unsaturated/α-hetero) is 1. The van der Waals surface area contributed by atoms with Crippen LogP contribution in [0, 0.1) is 13.8 Å². The Kier molecular flexibility index (Phi) is 8.57. The highest BCUT2D eigenvalue weighted by Gasteiger charge is 2.28.